The van der Waals surface area contributed by atoms with E-state index in [0.717, 1.165) is 40.2 Å². The molecule has 1 saturated carbocycles. The Balaban J connectivity index is 1.42. The second-order valence-electron chi connectivity index (χ2n) is 8.27. The molecule has 0 saturated heterocycles. The molecule has 0 spiro atoms. The fourth-order valence-corrected chi connectivity index (χ4v) is 4.35. The summed E-state index contributed by atoms with van der Waals surface area (Å²) in [7, 11) is 0. The number of carboxylic acids is 1. The molecule has 1 atom stereocenters. The molecule has 0 radical (unpaired) electrons. The van der Waals surface area contributed by atoms with E-state index in [2.05, 4.69) is 39.8 Å². The Labute approximate surface area is 183 Å². The lowest BCUT2D eigenvalue weighted by atomic mass is 9.96. The molecule has 1 aromatic heterocycles. The van der Waals surface area contributed by atoms with Crippen LogP contribution in [0.25, 0.3) is 10.9 Å². The maximum atomic E-state index is 11.1. The first-order chi connectivity index (χ1) is 15.1. The second kappa shape index (κ2) is 9.70. The first kappa shape index (κ1) is 21.0. The minimum Gasteiger partial charge on any atom is -0.489 e. The highest BCUT2D eigenvalue weighted by Gasteiger charge is 2.17. The van der Waals surface area contributed by atoms with Crippen LogP contribution < -0.4 is 4.74 Å². The van der Waals surface area contributed by atoms with E-state index >= 15 is 0 Å². The van der Waals surface area contributed by atoms with Crippen molar-refractivity contribution in [3.63, 3.8) is 0 Å². The molecule has 3 aromatic rings. The van der Waals surface area contributed by atoms with E-state index in [1.165, 1.54) is 25.7 Å². The van der Waals surface area contributed by atoms with Crippen LogP contribution in [0.2, 0.25) is 0 Å². The zero-order valence-corrected chi connectivity index (χ0v) is 17.9. The zero-order valence-electron chi connectivity index (χ0n) is 17.9. The molecule has 1 N–H and O–H groups in total. The average molecular weight is 417 g/mol. The van der Waals surface area contributed by atoms with Crippen molar-refractivity contribution < 1.29 is 14.6 Å². The fourth-order valence-electron chi connectivity index (χ4n) is 4.35. The third kappa shape index (κ3) is 5.27. The highest BCUT2D eigenvalue weighted by Crippen LogP contribution is 2.28. The van der Waals surface area contributed by atoms with Crippen molar-refractivity contribution >= 4 is 16.9 Å². The van der Waals surface area contributed by atoms with Crippen LogP contribution in [0, 0.1) is 17.8 Å². The first-order valence-corrected chi connectivity index (χ1v) is 10.9. The van der Waals surface area contributed by atoms with E-state index in [1.807, 2.05) is 30.5 Å². The van der Waals surface area contributed by atoms with Crippen LogP contribution in [-0.2, 0) is 17.9 Å². The van der Waals surface area contributed by atoms with Crippen LogP contribution in [-0.4, -0.2) is 20.9 Å². The highest BCUT2D eigenvalue weighted by atomic mass is 16.5. The van der Waals surface area contributed by atoms with Gasteiger partial charge in [-0.3, -0.25) is 9.48 Å². The Kier molecular flexibility index (Phi) is 6.57. The first-order valence-electron chi connectivity index (χ1n) is 10.9. The molecule has 5 nitrogen and oxygen atoms in total. The van der Waals surface area contributed by atoms with E-state index in [0.29, 0.717) is 6.61 Å². The Morgan fingerprint density at radius 2 is 2.00 bits per heavy atom. The van der Waals surface area contributed by atoms with Crippen LogP contribution in [0.5, 0.6) is 5.75 Å². The van der Waals surface area contributed by atoms with Gasteiger partial charge in [-0.1, -0.05) is 43.0 Å². The van der Waals surface area contributed by atoms with E-state index in [4.69, 9.17) is 9.84 Å². The molecule has 0 aliphatic heterocycles. The second-order valence-corrected chi connectivity index (χ2v) is 8.27. The molecule has 0 bridgehead atoms. The van der Waals surface area contributed by atoms with Crippen molar-refractivity contribution in [2.45, 2.75) is 58.1 Å². The maximum absolute atomic E-state index is 11.1. The van der Waals surface area contributed by atoms with Gasteiger partial charge in [0.1, 0.15) is 12.4 Å². The molecule has 0 unspecified atom stereocenters. The molecular weight excluding hydrogens is 388 g/mol. The fraction of sp³-hybridized carbons (Fsp3) is 0.385. The van der Waals surface area contributed by atoms with Gasteiger partial charge in [0.05, 0.1) is 24.1 Å². The summed E-state index contributed by atoms with van der Waals surface area (Å²) < 4.78 is 8.12. The van der Waals surface area contributed by atoms with Crippen molar-refractivity contribution in [1.82, 2.24) is 9.78 Å². The highest BCUT2D eigenvalue weighted by molar-refractivity contribution is 5.79. The quantitative estimate of drug-likeness (QED) is 0.500. The van der Waals surface area contributed by atoms with Gasteiger partial charge in [-0.2, -0.15) is 5.10 Å². The number of aliphatic carboxylic acids is 1. The molecule has 0 amide bonds. The molecule has 160 valence electrons. The van der Waals surface area contributed by atoms with Crippen molar-refractivity contribution in [2.24, 2.45) is 5.92 Å². The summed E-state index contributed by atoms with van der Waals surface area (Å²) >= 11 is 0. The van der Waals surface area contributed by atoms with Gasteiger partial charge in [-0.25, -0.2) is 0 Å². The lowest BCUT2D eigenvalue weighted by Crippen LogP contribution is -2.08. The number of nitrogens with zero attached hydrogens (tertiary/aromatic N) is 2. The van der Waals surface area contributed by atoms with Crippen molar-refractivity contribution in [3.8, 4) is 17.6 Å². The van der Waals surface area contributed by atoms with Gasteiger partial charge in [0.25, 0.3) is 0 Å². The Morgan fingerprint density at radius 1 is 1.23 bits per heavy atom. The van der Waals surface area contributed by atoms with Crippen molar-refractivity contribution in [1.29, 1.82) is 0 Å². The number of fused-ring (bicyclic) bond motifs is 1. The topological polar surface area (TPSA) is 64.3 Å². The number of carboxylic acid groups (broad SMARTS) is 1. The molecular formula is C26H28N2O3. The van der Waals surface area contributed by atoms with Gasteiger partial charge in [-0.05, 0) is 55.0 Å². The molecule has 1 heterocycles. The van der Waals surface area contributed by atoms with Gasteiger partial charge in [0.15, 0.2) is 0 Å². The zero-order chi connectivity index (χ0) is 21.6. The van der Waals surface area contributed by atoms with Gasteiger partial charge in [0, 0.05) is 11.9 Å². The number of carbonyl (C=O) groups is 1. The number of aromatic nitrogens is 2. The lowest BCUT2D eigenvalue weighted by Gasteiger charge is -2.12. The summed E-state index contributed by atoms with van der Waals surface area (Å²) in [5, 5.41) is 14.9. The maximum Gasteiger partial charge on any atom is 0.304 e. The smallest absolute Gasteiger partial charge is 0.304 e. The molecule has 31 heavy (non-hydrogen) atoms. The van der Waals surface area contributed by atoms with Gasteiger partial charge < -0.3 is 9.84 Å². The molecule has 1 fully saturated rings. The summed E-state index contributed by atoms with van der Waals surface area (Å²) in [6.45, 7) is 3.19. The van der Waals surface area contributed by atoms with E-state index in [1.54, 1.807) is 6.92 Å². The summed E-state index contributed by atoms with van der Waals surface area (Å²) in [6, 6.07) is 13.9. The number of benzene rings is 2. The van der Waals surface area contributed by atoms with E-state index in [-0.39, 0.29) is 12.3 Å². The SMILES string of the molecule is CC#C[C@@H](CC(=O)O)c1ccc(OCc2ccc3cnn(CC4CCCC4)c3c2)cc1. The summed E-state index contributed by atoms with van der Waals surface area (Å²) in [4.78, 5) is 11.1. The van der Waals surface area contributed by atoms with Gasteiger partial charge >= 0.3 is 5.97 Å². The normalized spacial score (nSPS) is 14.9. The van der Waals surface area contributed by atoms with Crippen LogP contribution >= 0.6 is 0 Å². The number of hydrogen-bond acceptors (Lipinski definition) is 3. The molecule has 2 aromatic carbocycles. The average Bonchev–Trinajstić information content (AvgIpc) is 3.42. The summed E-state index contributed by atoms with van der Waals surface area (Å²) in [6.07, 6.45) is 7.22. The summed E-state index contributed by atoms with van der Waals surface area (Å²) in [5.41, 5.74) is 3.16. The summed E-state index contributed by atoms with van der Waals surface area (Å²) in [5.74, 6) is 6.13. The predicted octanol–water partition coefficient (Wildman–Crippen LogP) is 5.39. The van der Waals surface area contributed by atoms with Crippen molar-refractivity contribution in [2.75, 3.05) is 0 Å². The van der Waals surface area contributed by atoms with Gasteiger partial charge in [0.2, 0.25) is 0 Å². The Hall–Kier alpha value is -3.26. The van der Waals surface area contributed by atoms with Gasteiger partial charge in [-0.15, -0.1) is 5.92 Å². The van der Waals surface area contributed by atoms with Crippen LogP contribution in [0.4, 0.5) is 0 Å². The predicted molar refractivity (Wildman–Crippen MR) is 121 cm³/mol. The van der Waals surface area contributed by atoms with Crippen LogP contribution in [0.15, 0.2) is 48.7 Å². The number of rotatable bonds is 8. The monoisotopic (exact) mass is 416 g/mol. The molecule has 1 aliphatic rings. The minimum atomic E-state index is -0.851. The third-order valence-electron chi connectivity index (χ3n) is 6.00. The largest absolute Gasteiger partial charge is 0.489 e. The minimum absolute atomic E-state index is 0.00437. The number of hydrogen-bond donors (Lipinski definition) is 1. The van der Waals surface area contributed by atoms with Crippen molar-refractivity contribution in [3.05, 3.63) is 59.8 Å². The van der Waals surface area contributed by atoms with Crippen LogP contribution in [0.3, 0.4) is 0 Å². The molecule has 4 rings (SSSR count). The van der Waals surface area contributed by atoms with E-state index in [9.17, 15) is 4.79 Å². The molecule has 5 heteroatoms. The molecule has 1 aliphatic carbocycles. The van der Waals surface area contributed by atoms with E-state index < -0.39 is 5.97 Å². The Bertz CT molecular complexity index is 1100. The number of ether oxygens (including phenoxy) is 1. The Morgan fingerprint density at radius 3 is 2.71 bits per heavy atom. The van der Waals surface area contributed by atoms with Crippen LogP contribution in [0.1, 0.15) is 56.1 Å². The third-order valence-corrected chi connectivity index (χ3v) is 6.00. The lowest BCUT2D eigenvalue weighted by molar-refractivity contribution is -0.137. The standard InChI is InChI=1S/C26H28N2O3/c1-2-5-22(15-26(29)30)21-10-12-24(13-11-21)31-18-20-8-9-23-16-27-28(25(23)14-20)17-19-6-3-4-7-19/h8-14,16,19,22H,3-4,6-7,15,17-18H2,1H3,(H,29,30)/t22-/m0/s1.